The minimum absolute atomic E-state index is 0.0378. The summed E-state index contributed by atoms with van der Waals surface area (Å²) in [5.41, 5.74) is 10.0. The normalized spacial score (nSPS) is 47.7. The molecule has 0 aromatic carbocycles. The monoisotopic (exact) mass is 671 g/mol. The zero-order chi connectivity index (χ0) is 34.2. The minimum atomic E-state index is -1.95. The van der Waals surface area contributed by atoms with Gasteiger partial charge in [-0.25, -0.2) is 0 Å². The zero-order valence-electron chi connectivity index (χ0n) is 27.7. The Bertz CT molecular complexity index is 1140. The maximum absolute atomic E-state index is 14.3. The van der Waals surface area contributed by atoms with Crippen LogP contribution in [0.5, 0.6) is 0 Å². The summed E-state index contributed by atoms with van der Waals surface area (Å²) in [4.78, 5) is 31.2. The first kappa shape index (κ1) is 36.5. The van der Waals surface area contributed by atoms with Crippen molar-refractivity contribution in [3.05, 3.63) is 0 Å². The van der Waals surface area contributed by atoms with Gasteiger partial charge in [0.05, 0.1) is 56.9 Å². The topological polar surface area (TPSA) is 258 Å². The van der Waals surface area contributed by atoms with Crippen molar-refractivity contribution in [1.29, 1.82) is 0 Å². The van der Waals surface area contributed by atoms with Crippen molar-refractivity contribution in [2.75, 3.05) is 33.9 Å². The molecule has 15 heteroatoms. The second kappa shape index (κ2) is 15.0. The Morgan fingerprint density at radius 3 is 2.49 bits per heavy atom. The molecule has 0 bridgehead atoms. The van der Waals surface area contributed by atoms with Crippen LogP contribution in [0.15, 0.2) is 0 Å². The quantitative estimate of drug-likeness (QED) is 0.0813. The smallest absolute Gasteiger partial charge is 0.340 e. The summed E-state index contributed by atoms with van der Waals surface area (Å²) < 4.78 is 17.9. The number of ketones is 2. The van der Waals surface area contributed by atoms with E-state index in [-0.39, 0.29) is 48.3 Å². The third kappa shape index (κ3) is 7.12. The van der Waals surface area contributed by atoms with E-state index in [0.29, 0.717) is 31.8 Å². The van der Waals surface area contributed by atoms with Crippen molar-refractivity contribution >= 4 is 17.5 Å². The van der Waals surface area contributed by atoms with Gasteiger partial charge < -0.3 is 45.1 Å². The van der Waals surface area contributed by atoms with Gasteiger partial charge in [-0.15, -0.1) is 0 Å². The molecule has 3 saturated carbocycles. The molecule has 47 heavy (non-hydrogen) atoms. The lowest BCUT2D eigenvalue weighted by Crippen LogP contribution is -2.94. The van der Waals surface area contributed by atoms with E-state index < -0.39 is 78.8 Å². The largest absolute Gasteiger partial charge is 0.394 e. The molecule has 11 unspecified atom stereocenters. The number of guanidine groups is 1. The van der Waals surface area contributed by atoms with Crippen LogP contribution in [0, 0.1) is 41.4 Å². The molecule has 13 N–H and O–H groups in total. The highest BCUT2D eigenvalue weighted by Crippen LogP contribution is 2.50. The maximum atomic E-state index is 14.3. The van der Waals surface area contributed by atoms with E-state index in [2.05, 4.69) is 15.6 Å². The predicted octanol–water partition coefficient (Wildman–Crippen LogP) is -5.36. The average molecular weight is 672 g/mol. The van der Waals surface area contributed by atoms with E-state index in [1.165, 1.54) is 7.11 Å². The Balaban J connectivity index is 1.34. The highest BCUT2D eigenvalue weighted by atomic mass is 16.7. The average Bonchev–Trinajstić information content (AvgIpc) is 3.05. The standard InChI is InChI=1S/C32H55N5O10/c1-14-8-17-24(26(40)19(14)12-37-31(34)35-2)27(41)23-18(25(17)39)10-16(45-3)11-20(23)46-30-28(42)29(43)32(44,21(13-38)47-30)6-4-15-5-7-36-22(33)9-15/h14-24,26,28-30,36,38,40,42-44H,4-13,33H2,1-3H3,(H3,34,35,37)/p+2/t14?,15?,16?,17?,18?,19?,20?,21-,22?,23?,24?,26?,28-,29-,30+,32-/m1/s1. The van der Waals surface area contributed by atoms with Gasteiger partial charge in [-0.1, -0.05) is 6.92 Å². The number of methoxy groups -OCH3 is 1. The number of piperidine rings is 1. The second-order valence-corrected chi connectivity index (χ2v) is 14.7. The van der Waals surface area contributed by atoms with E-state index in [1.807, 2.05) is 6.92 Å². The highest BCUT2D eigenvalue weighted by Gasteiger charge is 2.61. The first-order valence-electron chi connectivity index (χ1n) is 17.3. The fourth-order valence-corrected chi connectivity index (χ4v) is 9.19. The number of quaternary nitrogens is 1. The van der Waals surface area contributed by atoms with Crippen LogP contribution in [-0.4, -0.2) is 132 Å². The summed E-state index contributed by atoms with van der Waals surface area (Å²) in [6.45, 7) is 2.49. The number of carbonyl (C=O) groups is 2. The fourth-order valence-electron chi connectivity index (χ4n) is 9.19. The molecular weight excluding hydrogens is 614 g/mol. The number of hydrogen-bond acceptors (Lipinski definition) is 11. The molecular formula is C32H57N5O10+2. The molecule has 0 spiro atoms. The summed E-state index contributed by atoms with van der Waals surface area (Å²) in [5.74, 6) is -3.46. The summed E-state index contributed by atoms with van der Waals surface area (Å²) in [7, 11) is 3.19. The minimum Gasteiger partial charge on any atom is -0.394 e. The number of ether oxygens (including phenoxy) is 3. The number of nitrogens with one attached hydrogen (secondary N) is 2. The van der Waals surface area contributed by atoms with Crippen LogP contribution >= 0.6 is 0 Å². The molecule has 268 valence electrons. The van der Waals surface area contributed by atoms with E-state index in [9.17, 15) is 35.1 Å². The third-order valence-corrected chi connectivity index (χ3v) is 12.0. The lowest BCUT2D eigenvalue weighted by atomic mass is 9.53. The van der Waals surface area contributed by atoms with E-state index >= 15 is 0 Å². The zero-order valence-corrected chi connectivity index (χ0v) is 27.7. The SMILES string of the molecule is C[NH+]=C(N)NCC1C(C)CC2C(=O)C3CC(OC)CC(O[C@H]4O[C@H](CO)[C@](O)(CCC5CC[NH2+]C(N)C5)[C@H](O)[C@H]4O)C3C(=O)C2C1O. The van der Waals surface area contributed by atoms with Crippen LogP contribution in [0.2, 0.25) is 0 Å². The van der Waals surface area contributed by atoms with E-state index in [0.717, 1.165) is 19.4 Å². The van der Waals surface area contributed by atoms with Gasteiger partial charge in [0.1, 0.15) is 41.6 Å². The van der Waals surface area contributed by atoms with Crippen molar-refractivity contribution in [2.24, 2.45) is 52.9 Å². The maximum Gasteiger partial charge on any atom is 0.340 e. The van der Waals surface area contributed by atoms with E-state index in [4.69, 9.17) is 25.7 Å². The fraction of sp³-hybridized carbons (Fsp3) is 0.906. The van der Waals surface area contributed by atoms with Crippen molar-refractivity contribution in [2.45, 2.75) is 107 Å². The Labute approximate surface area is 275 Å². The first-order chi connectivity index (χ1) is 22.3. The summed E-state index contributed by atoms with van der Waals surface area (Å²) in [5, 5.41) is 61.0. The van der Waals surface area contributed by atoms with Gasteiger partial charge in [0.25, 0.3) is 0 Å². The van der Waals surface area contributed by atoms with Crippen LogP contribution in [0.1, 0.15) is 51.9 Å². The second-order valence-electron chi connectivity index (χ2n) is 14.7. The molecule has 2 saturated heterocycles. The molecule has 2 aliphatic heterocycles. The number of nitrogens with two attached hydrogens (primary N) is 3. The lowest BCUT2D eigenvalue weighted by molar-refractivity contribution is -0.699. The number of fused-ring (bicyclic) bond motifs is 2. The molecule has 0 amide bonds. The molecule has 2 heterocycles. The Morgan fingerprint density at radius 1 is 1.11 bits per heavy atom. The van der Waals surface area contributed by atoms with Crippen LogP contribution in [0.25, 0.3) is 0 Å². The molecule has 15 nitrogen and oxygen atoms in total. The molecule has 16 atom stereocenters. The van der Waals surface area contributed by atoms with Gasteiger partial charge in [0, 0.05) is 37.7 Å². The van der Waals surface area contributed by atoms with Gasteiger partial charge in [-0.05, 0) is 43.9 Å². The van der Waals surface area contributed by atoms with Crippen LogP contribution in [0.3, 0.4) is 0 Å². The Kier molecular flexibility index (Phi) is 11.6. The van der Waals surface area contributed by atoms with Crippen molar-refractivity contribution in [1.82, 2.24) is 5.32 Å². The molecule has 0 aromatic heterocycles. The lowest BCUT2D eigenvalue weighted by Gasteiger charge is -2.53. The van der Waals surface area contributed by atoms with Crippen molar-refractivity contribution in [3.8, 4) is 0 Å². The third-order valence-electron chi connectivity index (χ3n) is 12.0. The number of rotatable bonds is 9. The Morgan fingerprint density at radius 2 is 1.83 bits per heavy atom. The van der Waals surface area contributed by atoms with E-state index in [1.54, 1.807) is 7.05 Å². The molecule has 0 aromatic rings. The molecule has 5 aliphatic rings. The predicted molar refractivity (Wildman–Crippen MR) is 166 cm³/mol. The molecule has 3 aliphatic carbocycles. The van der Waals surface area contributed by atoms with Gasteiger partial charge >= 0.3 is 5.96 Å². The number of aliphatic hydroxyl groups excluding tert-OH is 4. The molecule has 5 fully saturated rings. The first-order valence-corrected chi connectivity index (χ1v) is 17.3. The van der Waals surface area contributed by atoms with Crippen LogP contribution in [0.4, 0.5) is 0 Å². The number of hydrogen-bond donors (Lipinski definition) is 10. The van der Waals surface area contributed by atoms with Crippen LogP contribution < -0.4 is 27.1 Å². The number of Topliss-reactive ketones (excluding diaryl/α,β-unsaturated/α-hetero) is 2. The highest BCUT2D eigenvalue weighted by molar-refractivity contribution is 6.00. The molecule has 0 radical (unpaired) electrons. The van der Waals surface area contributed by atoms with Crippen molar-refractivity contribution in [3.63, 3.8) is 0 Å². The number of aliphatic hydroxyl groups is 5. The number of carbonyl (C=O) groups excluding carboxylic acids is 2. The molecule has 5 rings (SSSR count). The van der Waals surface area contributed by atoms with Crippen LogP contribution in [-0.2, 0) is 23.8 Å². The van der Waals surface area contributed by atoms with Crippen molar-refractivity contribution < 1.29 is 59.6 Å². The van der Waals surface area contributed by atoms with Gasteiger partial charge in [-0.2, -0.15) is 0 Å². The summed E-state index contributed by atoms with van der Waals surface area (Å²) >= 11 is 0. The van der Waals surface area contributed by atoms with Gasteiger partial charge in [0.15, 0.2) is 6.29 Å². The summed E-state index contributed by atoms with van der Waals surface area (Å²) in [6, 6.07) is 0. The van der Waals surface area contributed by atoms with Gasteiger partial charge in [0.2, 0.25) is 0 Å². The van der Waals surface area contributed by atoms with Gasteiger partial charge in [-0.3, -0.25) is 31.4 Å². The Hall–Kier alpha value is -1.79. The summed E-state index contributed by atoms with van der Waals surface area (Å²) in [6.07, 6.45) is -5.52.